The fourth-order valence-corrected chi connectivity index (χ4v) is 4.10. The minimum Gasteiger partial charge on any atom is -0.496 e. The third kappa shape index (κ3) is 4.22. The molecule has 3 N–H and O–H groups in total. The van der Waals surface area contributed by atoms with E-state index in [0.717, 1.165) is 22.4 Å². The SMILES string of the molecule is COc1cc(C(=O)N2CCN(c3cnc(N)cc3C)C[C@@H]2CO)ncc1-c1ccccc1. The van der Waals surface area contributed by atoms with E-state index in [-0.39, 0.29) is 18.6 Å². The number of hydrogen-bond acceptors (Lipinski definition) is 7. The van der Waals surface area contributed by atoms with Crippen molar-refractivity contribution in [1.29, 1.82) is 0 Å². The number of ether oxygens (including phenoxy) is 1. The number of pyridine rings is 2. The molecule has 1 atom stereocenters. The maximum absolute atomic E-state index is 13.3. The van der Waals surface area contributed by atoms with Crippen molar-refractivity contribution in [2.75, 3.05) is 44.0 Å². The third-order valence-corrected chi connectivity index (χ3v) is 5.79. The molecule has 4 rings (SSSR count). The number of carbonyl (C=O) groups excluding carboxylic acids is 1. The average Bonchev–Trinajstić information content (AvgIpc) is 2.83. The lowest BCUT2D eigenvalue weighted by atomic mass is 10.1. The minimum atomic E-state index is -0.366. The first-order chi connectivity index (χ1) is 15.5. The number of methoxy groups -OCH3 is 1. The van der Waals surface area contributed by atoms with Crippen LogP contribution in [0.4, 0.5) is 11.5 Å². The quantitative estimate of drug-likeness (QED) is 0.636. The van der Waals surface area contributed by atoms with E-state index in [4.69, 9.17) is 10.5 Å². The highest BCUT2D eigenvalue weighted by Gasteiger charge is 2.32. The van der Waals surface area contributed by atoms with Crippen molar-refractivity contribution in [3.8, 4) is 16.9 Å². The Bertz CT molecular complexity index is 1110. The summed E-state index contributed by atoms with van der Waals surface area (Å²) in [5.74, 6) is 0.823. The highest BCUT2D eigenvalue weighted by atomic mass is 16.5. The lowest BCUT2D eigenvalue weighted by Gasteiger charge is -2.42. The van der Waals surface area contributed by atoms with Gasteiger partial charge in [0, 0.05) is 37.5 Å². The van der Waals surface area contributed by atoms with Crippen LogP contribution in [0.5, 0.6) is 5.75 Å². The number of aliphatic hydroxyl groups is 1. The van der Waals surface area contributed by atoms with E-state index in [9.17, 15) is 9.90 Å². The van der Waals surface area contributed by atoms with E-state index in [1.807, 2.05) is 43.3 Å². The second-order valence-corrected chi connectivity index (χ2v) is 7.81. The zero-order valence-corrected chi connectivity index (χ0v) is 18.2. The predicted octanol–water partition coefficient (Wildman–Crippen LogP) is 2.37. The van der Waals surface area contributed by atoms with E-state index in [1.54, 1.807) is 30.5 Å². The van der Waals surface area contributed by atoms with Gasteiger partial charge in [0.25, 0.3) is 5.91 Å². The smallest absolute Gasteiger partial charge is 0.273 e. The normalized spacial score (nSPS) is 16.2. The molecule has 0 unspecified atom stereocenters. The zero-order valence-electron chi connectivity index (χ0n) is 18.2. The van der Waals surface area contributed by atoms with Gasteiger partial charge >= 0.3 is 0 Å². The fraction of sp³-hybridized carbons (Fsp3) is 0.292. The molecule has 1 saturated heterocycles. The Morgan fingerprint density at radius 3 is 2.66 bits per heavy atom. The first kappa shape index (κ1) is 21.6. The Hall–Kier alpha value is -3.65. The summed E-state index contributed by atoms with van der Waals surface area (Å²) in [4.78, 5) is 25.7. The predicted molar refractivity (Wildman–Crippen MR) is 124 cm³/mol. The second kappa shape index (κ2) is 9.23. The van der Waals surface area contributed by atoms with Crippen molar-refractivity contribution < 1.29 is 14.6 Å². The van der Waals surface area contributed by atoms with E-state index in [2.05, 4.69) is 14.9 Å². The van der Waals surface area contributed by atoms with E-state index < -0.39 is 0 Å². The molecule has 2 aromatic heterocycles. The van der Waals surface area contributed by atoms with Gasteiger partial charge in [-0.2, -0.15) is 0 Å². The summed E-state index contributed by atoms with van der Waals surface area (Å²) < 4.78 is 5.54. The van der Waals surface area contributed by atoms with Crippen LogP contribution in [0.2, 0.25) is 0 Å². The molecule has 0 bridgehead atoms. The molecule has 32 heavy (non-hydrogen) atoms. The second-order valence-electron chi connectivity index (χ2n) is 7.81. The summed E-state index contributed by atoms with van der Waals surface area (Å²) in [5, 5.41) is 10.0. The van der Waals surface area contributed by atoms with Crippen LogP contribution in [0, 0.1) is 6.92 Å². The molecule has 3 aromatic rings. The average molecular weight is 434 g/mol. The van der Waals surface area contributed by atoms with Crippen LogP contribution in [0.3, 0.4) is 0 Å². The molecule has 0 radical (unpaired) electrons. The van der Waals surface area contributed by atoms with Gasteiger partial charge in [0.05, 0.1) is 31.6 Å². The molecule has 1 aliphatic heterocycles. The van der Waals surface area contributed by atoms with Crippen LogP contribution in [-0.4, -0.2) is 65.3 Å². The summed E-state index contributed by atoms with van der Waals surface area (Å²) in [6.07, 6.45) is 3.40. The maximum Gasteiger partial charge on any atom is 0.273 e. The lowest BCUT2D eigenvalue weighted by molar-refractivity contribution is 0.0559. The van der Waals surface area contributed by atoms with E-state index in [0.29, 0.717) is 36.9 Å². The number of anilines is 2. The monoisotopic (exact) mass is 433 g/mol. The van der Waals surface area contributed by atoms with Crippen molar-refractivity contribution in [3.63, 3.8) is 0 Å². The number of aromatic nitrogens is 2. The van der Waals surface area contributed by atoms with Crippen molar-refractivity contribution in [3.05, 3.63) is 66.1 Å². The van der Waals surface area contributed by atoms with Crippen LogP contribution in [0.1, 0.15) is 16.1 Å². The topological polar surface area (TPSA) is 105 Å². The molecule has 166 valence electrons. The van der Waals surface area contributed by atoms with Gasteiger partial charge in [-0.3, -0.25) is 9.78 Å². The summed E-state index contributed by atoms with van der Waals surface area (Å²) >= 11 is 0. The minimum absolute atomic E-state index is 0.150. The summed E-state index contributed by atoms with van der Waals surface area (Å²) in [6, 6.07) is 12.9. The van der Waals surface area contributed by atoms with Gasteiger partial charge in [0.1, 0.15) is 17.3 Å². The zero-order chi connectivity index (χ0) is 22.7. The number of benzene rings is 1. The molecule has 1 aromatic carbocycles. The molecule has 1 fully saturated rings. The number of aliphatic hydroxyl groups excluding tert-OH is 1. The summed E-state index contributed by atoms with van der Waals surface area (Å²) in [5.41, 5.74) is 9.81. The van der Waals surface area contributed by atoms with Crippen molar-refractivity contribution in [2.45, 2.75) is 13.0 Å². The highest BCUT2D eigenvalue weighted by molar-refractivity contribution is 5.94. The van der Waals surface area contributed by atoms with Crippen LogP contribution in [0.15, 0.2) is 54.9 Å². The fourth-order valence-electron chi connectivity index (χ4n) is 4.10. The van der Waals surface area contributed by atoms with Gasteiger partial charge in [-0.25, -0.2) is 4.98 Å². The maximum atomic E-state index is 13.3. The highest BCUT2D eigenvalue weighted by Crippen LogP contribution is 2.30. The van der Waals surface area contributed by atoms with Crippen LogP contribution in [0.25, 0.3) is 11.1 Å². The number of rotatable bonds is 5. The molecular weight excluding hydrogens is 406 g/mol. The van der Waals surface area contributed by atoms with Crippen molar-refractivity contribution >= 4 is 17.4 Å². The first-order valence-corrected chi connectivity index (χ1v) is 10.5. The number of nitrogens with two attached hydrogens (primary N) is 1. The number of amides is 1. The molecule has 1 amide bonds. The Kier molecular flexibility index (Phi) is 6.23. The molecule has 0 spiro atoms. The number of piperazine rings is 1. The molecule has 8 nitrogen and oxygen atoms in total. The number of hydrogen-bond donors (Lipinski definition) is 2. The van der Waals surface area contributed by atoms with Gasteiger partial charge in [-0.05, 0) is 24.1 Å². The van der Waals surface area contributed by atoms with Gasteiger partial charge < -0.3 is 25.4 Å². The molecule has 0 aliphatic carbocycles. The van der Waals surface area contributed by atoms with Crippen molar-refractivity contribution in [2.24, 2.45) is 0 Å². The first-order valence-electron chi connectivity index (χ1n) is 10.5. The molecule has 8 heteroatoms. The standard InChI is InChI=1S/C24H27N5O3/c1-16-10-23(25)27-13-21(16)28-8-9-29(18(14-28)15-30)24(31)20-11-22(32-2)19(12-26-20)17-6-4-3-5-7-17/h3-7,10-13,18,30H,8-9,14-15H2,1-2H3,(H2,25,27)/t18-/m1/s1. The van der Waals surface area contributed by atoms with Gasteiger partial charge in [-0.15, -0.1) is 0 Å². The Morgan fingerprint density at radius 2 is 1.97 bits per heavy atom. The molecule has 0 saturated carbocycles. The van der Waals surface area contributed by atoms with E-state index >= 15 is 0 Å². The Morgan fingerprint density at radius 1 is 1.19 bits per heavy atom. The Balaban J connectivity index is 1.55. The lowest BCUT2D eigenvalue weighted by Crippen LogP contribution is -2.57. The summed E-state index contributed by atoms with van der Waals surface area (Å²) in [6.45, 7) is 3.40. The number of carbonyl (C=O) groups is 1. The third-order valence-electron chi connectivity index (χ3n) is 5.79. The van der Waals surface area contributed by atoms with Crippen LogP contribution < -0.4 is 15.4 Å². The number of nitrogens with zero attached hydrogens (tertiary/aromatic N) is 4. The number of aryl methyl sites for hydroxylation is 1. The summed E-state index contributed by atoms with van der Waals surface area (Å²) in [7, 11) is 1.58. The Labute approximate surface area is 187 Å². The van der Waals surface area contributed by atoms with Gasteiger partial charge in [0.2, 0.25) is 0 Å². The molecule has 3 heterocycles. The molecular formula is C24H27N5O3. The van der Waals surface area contributed by atoms with Crippen molar-refractivity contribution in [1.82, 2.24) is 14.9 Å². The van der Waals surface area contributed by atoms with Gasteiger partial charge in [0.15, 0.2) is 0 Å². The largest absolute Gasteiger partial charge is 0.496 e. The van der Waals surface area contributed by atoms with Crippen LogP contribution >= 0.6 is 0 Å². The number of nitrogen functional groups attached to an aromatic ring is 1. The van der Waals surface area contributed by atoms with Gasteiger partial charge in [-0.1, -0.05) is 30.3 Å². The molecule has 1 aliphatic rings. The van der Waals surface area contributed by atoms with E-state index in [1.165, 1.54) is 0 Å². The van der Waals surface area contributed by atoms with Crippen LogP contribution in [-0.2, 0) is 0 Å².